The van der Waals surface area contributed by atoms with Crippen molar-refractivity contribution in [2.24, 2.45) is 0 Å². The maximum Gasteiger partial charge on any atom is 0 e. The van der Waals surface area contributed by atoms with Crippen molar-refractivity contribution in [2.45, 2.75) is 52.4 Å². The first-order chi connectivity index (χ1) is 6.36. The second-order valence-electron chi connectivity index (χ2n) is 4.07. The molecule has 0 radical (unpaired) electrons. The van der Waals surface area contributed by atoms with Crippen LogP contribution >= 0.6 is 0 Å². The molecule has 76 valence electrons. The van der Waals surface area contributed by atoms with Crippen molar-refractivity contribution in [2.75, 3.05) is 0 Å². The molecule has 1 aliphatic rings. The van der Waals surface area contributed by atoms with Crippen LogP contribution in [-0.2, 0) is 47.4 Å². The summed E-state index contributed by atoms with van der Waals surface area (Å²) in [4.78, 5) is 0. The molecule has 0 N–H and O–H groups in total. The van der Waals surface area contributed by atoms with Gasteiger partial charge in [0.1, 0.15) is 0 Å². The predicted octanol–water partition coefficient (Wildman–Crippen LogP) is 3.41. The van der Waals surface area contributed by atoms with E-state index in [9.17, 15) is 0 Å². The van der Waals surface area contributed by atoms with E-state index in [-0.39, 0.29) is 21.7 Å². The topological polar surface area (TPSA) is 0 Å². The molecule has 0 aliphatic heterocycles. The molecule has 14 heavy (non-hydrogen) atoms. The van der Waals surface area contributed by atoms with Crippen molar-refractivity contribution in [1.29, 1.82) is 0 Å². The molecule has 0 fully saturated rings. The van der Waals surface area contributed by atoms with Gasteiger partial charge in [-0.3, -0.25) is 0 Å². The van der Waals surface area contributed by atoms with Gasteiger partial charge in [0.15, 0.2) is 0 Å². The second-order valence-corrected chi connectivity index (χ2v) is 4.07. The molecule has 0 aromatic heterocycles. The summed E-state index contributed by atoms with van der Waals surface area (Å²) in [7, 11) is 0. The van der Waals surface area contributed by atoms with E-state index in [1.807, 2.05) is 0 Å². The van der Waals surface area contributed by atoms with E-state index in [1.54, 1.807) is 22.3 Å². The van der Waals surface area contributed by atoms with Crippen LogP contribution in [0.1, 0.15) is 48.9 Å². The number of hydrogen-bond acceptors (Lipinski definition) is 0. The largest absolute Gasteiger partial charge is 0.207 e. The summed E-state index contributed by atoms with van der Waals surface area (Å²) in [6.07, 6.45) is 7.95. The fourth-order valence-electron chi connectivity index (χ4n) is 2.68. The van der Waals surface area contributed by atoms with Crippen LogP contribution in [0.4, 0.5) is 0 Å². The Hall–Kier alpha value is 0.0643. The van der Waals surface area contributed by atoms with E-state index in [0.717, 1.165) is 0 Å². The monoisotopic (exact) mass is 223 g/mol. The summed E-state index contributed by atoms with van der Waals surface area (Å²) in [5.74, 6) is 0. The van der Waals surface area contributed by atoms with Crippen molar-refractivity contribution < 1.29 is 21.7 Å². The molecule has 0 saturated heterocycles. The normalized spacial score (nSPS) is 14.7. The molecule has 1 aromatic rings. The first kappa shape index (κ1) is 12.1. The summed E-state index contributed by atoms with van der Waals surface area (Å²) >= 11 is 0. The molecular formula is C13H19Ti-. The Labute approximate surface area is 102 Å². The van der Waals surface area contributed by atoms with Gasteiger partial charge in [-0.05, 0) is 0 Å². The summed E-state index contributed by atoms with van der Waals surface area (Å²) in [6, 6.07) is 2.47. The molecule has 1 aromatic carbocycles. The van der Waals surface area contributed by atoms with Gasteiger partial charge in [-0.1, -0.05) is 52.4 Å². The first-order valence-electron chi connectivity index (χ1n) is 5.66. The average Bonchev–Trinajstić information content (AvgIpc) is 2.55. The third-order valence-electron chi connectivity index (χ3n) is 3.35. The van der Waals surface area contributed by atoms with Crippen LogP contribution < -0.4 is 0 Å². The van der Waals surface area contributed by atoms with Gasteiger partial charge in [0.05, 0.1) is 0 Å². The van der Waals surface area contributed by atoms with E-state index in [2.05, 4.69) is 19.9 Å². The van der Waals surface area contributed by atoms with Crippen LogP contribution in [0.2, 0.25) is 0 Å². The first-order valence-corrected chi connectivity index (χ1v) is 5.66. The van der Waals surface area contributed by atoms with E-state index in [0.29, 0.717) is 0 Å². The van der Waals surface area contributed by atoms with Gasteiger partial charge in [-0.15, -0.1) is 0 Å². The van der Waals surface area contributed by atoms with Crippen LogP contribution in [-0.4, -0.2) is 0 Å². The number of fused-ring (bicyclic) bond motifs is 1. The quantitative estimate of drug-likeness (QED) is 0.532. The van der Waals surface area contributed by atoms with Gasteiger partial charge in [0.2, 0.25) is 0 Å². The fourth-order valence-corrected chi connectivity index (χ4v) is 2.68. The minimum atomic E-state index is 0. The zero-order valence-electron chi connectivity index (χ0n) is 9.32. The van der Waals surface area contributed by atoms with E-state index >= 15 is 0 Å². The predicted molar refractivity (Wildman–Crippen MR) is 57.4 cm³/mol. The van der Waals surface area contributed by atoms with Crippen molar-refractivity contribution in [1.82, 2.24) is 0 Å². The minimum Gasteiger partial charge on any atom is -0.207 e. The number of rotatable bonds is 2. The maximum absolute atomic E-state index is 2.47. The van der Waals surface area contributed by atoms with Crippen molar-refractivity contribution in [3.63, 3.8) is 0 Å². The molecule has 0 heterocycles. The zero-order valence-corrected chi connectivity index (χ0v) is 10.9. The van der Waals surface area contributed by atoms with Crippen LogP contribution in [0.25, 0.3) is 0 Å². The van der Waals surface area contributed by atoms with Crippen LogP contribution in [0.15, 0.2) is 6.07 Å². The molecule has 1 heteroatoms. The third kappa shape index (κ3) is 2.02. The summed E-state index contributed by atoms with van der Waals surface area (Å²) in [5.41, 5.74) is 6.68. The second kappa shape index (κ2) is 5.23. The molecule has 0 saturated carbocycles. The van der Waals surface area contributed by atoms with Crippen LogP contribution in [0, 0.1) is 0 Å². The molecular weight excluding hydrogens is 204 g/mol. The van der Waals surface area contributed by atoms with Gasteiger partial charge in [-0.25, -0.2) is 6.07 Å². The third-order valence-corrected chi connectivity index (χ3v) is 3.35. The molecule has 0 bridgehead atoms. The maximum atomic E-state index is 2.47. The Kier molecular flexibility index (Phi) is 4.53. The van der Waals surface area contributed by atoms with Crippen LogP contribution in [0.3, 0.4) is 0 Å². The van der Waals surface area contributed by atoms with Gasteiger partial charge in [0.25, 0.3) is 0 Å². The van der Waals surface area contributed by atoms with Gasteiger partial charge < -0.3 is 0 Å². The summed E-state index contributed by atoms with van der Waals surface area (Å²) in [5, 5.41) is 0. The van der Waals surface area contributed by atoms with Crippen molar-refractivity contribution >= 4 is 0 Å². The Balaban J connectivity index is 0.000000980. The minimum absolute atomic E-state index is 0. The Bertz CT molecular complexity index is 286. The molecule has 0 unspecified atom stereocenters. The SMILES string of the molecule is CCc1cc2c([c-]1CC)CCCC2.[Ti]. The smallest absolute Gasteiger partial charge is 0 e. The summed E-state index contributed by atoms with van der Waals surface area (Å²) < 4.78 is 0. The van der Waals surface area contributed by atoms with Crippen LogP contribution in [0.5, 0.6) is 0 Å². The summed E-state index contributed by atoms with van der Waals surface area (Å²) in [6.45, 7) is 4.57. The molecule has 0 nitrogen and oxygen atoms in total. The Morgan fingerprint density at radius 1 is 1.21 bits per heavy atom. The Morgan fingerprint density at radius 2 is 1.93 bits per heavy atom. The van der Waals surface area contributed by atoms with Crippen molar-refractivity contribution in [3.8, 4) is 0 Å². The number of hydrogen-bond donors (Lipinski definition) is 0. The van der Waals surface area contributed by atoms with E-state index in [1.165, 1.54) is 38.5 Å². The number of aryl methyl sites for hydroxylation is 2. The van der Waals surface area contributed by atoms with E-state index < -0.39 is 0 Å². The molecule has 2 rings (SSSR count). The molecule has 0 amide bonds. The fraction of sp³-hybridized carbons (Fsp3) is 0.615. The van der Waals surface area contributed by atoms with Gasteiger partial charge >= 0.3 is 0 Å². The van der Waals surface area contributed by atoms with Gasteiger partial charge in [0, 0.05) is 21.7 Å². The standard InChI is InChI=1S/C13H19.Ti/c1-3-10-9-11-7-5-6-8-13(11)12(10)4-2;/h9H,3-8H2,1-2H3;/q-1;. The zero-order chi connectivity index (χ0) is 9.26. The molecule has 0 atom stereocenters. The Morgan fingerprint density at radius 3 is 2.57 bits per heavy atom. The van der Waals surface area contributed by atoms with Gasteiger partial charge in [-0.2, -0.15) is 22.3 Å². The average molecular weight is 223 g/mol. The molecule has 1 aliphatic carbocycles. The van der Waals surface area contributed by atoms with E-state index in [4.69, 9.17) is 0 Å². The molecule has 0 spiro atoms. The van der Waals surface area contributed by atoms with Crippen molar-refractivity contribution in [3.05, 3.63) is 28.3 Å².